The van der Waals surface area contributed by atoms with Crippen molar-refractivity contribution in [2.75, 3.05) is 5.73 Å². The van der Waals surface area contributed by atoms with E-state index in [9.17, 15) is 9.90 Å². The molecular formula is C24H25N6O2+. The number of hydrogen-bond donors (Lipinski definition) is 2. The predicted octanol–water partition coefficient (Wildman–Crippen LogP) is 2.22. The lowest BCUT2D eigenvalue weighted by Gasteiger charge is -2.61. The maximum absolute atomic E-state index is 13.3. The minimum atomic E-state index is -0.229. The molecule has 32 heavy (non-hydrogen) atoms. The number of H-pyrrole nitrogens is 1. The molecule has 3 saturated carbocycles. The Labute approximate surface area is 184 Å². The number of aliphatic hydroxyl groups excluding tert-OH is 1. The van der Waals surface area contributed by atoms with E-state index >= 15 is 0 Å². The zero-order chi connectivity index (χ0) is 22.0. The Kier molecular flexibility index (Phi) is 4.04. The van der Waals surface area contributed by atoms with Crippen molar-refractivity contribution in [3.63, 3.8) is 0 Å². The highest BCUT2D eigenvalue weighted by molar-refractivity contribution is 5.88. The SMILES string of the molecule is Cc1cc(-c2c(-c3ccccc3)[nH+]c(N)n3c(=O)n(CC45CC(C4)C5)nc23)cc(CO)n1. The number of nitrogens with one attached hydrogen (secondary N) is 1. The number of aryl methyl sites for hydroxylation is 1. The lowest BCUT2D eigenvalue weighted by Crippen LogP contribution is -2.55. The molecule has 162 valence electrons. The molecule has 0 radical (unpaired) electrons. The topological polar surface area (TPSA) is 113 Å². The molecule has 0 atom stereocenters. The summed E-state index contributed by atoms with van der Waals surface area (Å²) in [6.07, 6.45) is 3.54. The molecule has 1 aromatic carbocycles. The second-order valence-electron chi connectivity index (χ2n) is 9.35. The summed E-state index contributed by atoms with van der Waals surface area (Å²) in [7, 11) is 0. The normalized spacial score (nSPS) is 21.4. The molecule has 2 bridgehead atoms. The van der Waals surface area contributed by atoms with E-state index in [1.807, 2.05) is 49.4 Å². The highest BCUT2D eigenvalue weighted by Gasteiger charge is 2.57. The molecule has 4 aromatic rings. The van der Waals surface area contributed by atoms with Gasteiger partial charge in [0.2, 0.25) is 5.65 Å². The van der Waals surface area contributed by atoms with Gasteiger partial charge in [-0.05, 0) is 55.2 Å². The number of benzene rings is 1. The van der Waals surface area contributed by atoms with Gasteiger partial charge >= 0.3 is 11.6 Å². The first-order valence-corrected chi connectivity index (χ1v) is 10.9. The lowest BCUT2D eigenvalue weighted by atomic mass is 9.44. The molecule has 0 aliphatic heterocycles. The van der Waals surface area contributed by atoms with Gasteiger partial charge in [-0.1, -0.05) is 30.3 Å². The Bertz CT molecular complexity index is 1410. The van der Waals surface area contributed by atoms with Crippen LogP contribution >= 0.6 is 0 Å². The van der Waals surface area contributed by atoms with Gasteiger partial charge in [-0.25, -0.2) is 9.78 Å². The van der Waals surface area contributed by atoms with E-state index in [-0.39, 0.29) is 23.7 Å². The van der Waals surface area contributed by atoms with Crippen molar-refractivity contribution in [2.45, 2.75) is 39.3 Å². The van der Waals surface area contributed by atoms with Crippen molar-refractivity contribution in [2.24, 2.45) is 11.3 Å². The molecule has 0 saturated heterocycles. The van der Waals surface area contributed by atoms with E-state index in [4.69, 9.17) is 10.8 Å². The first kappa shape index (κ1) is 19.2. The van der Waals surface area contributed by atoms with Crippen molar-refractivity contribution < 1.29 is 10.1 Å². The second-order valence-corrected chi connectivity index (χ2v) is 9.35. The van der Waals surface area contributed by atoms with Crippen LogP contribution in [-0.4, -0.2) is 24.3 Å². The van der Waals surface area contributed by atoms with Crippen LogP contribution in [0.4, 0.5) is 5.95 Å². The van der Waals surface area contributed by atoms with Crippen molar-refractivity contribution >= 4 is 11.6 Å². The molecule has 8 nitrogen and oxygen atoms in total. The average molecular weight is 430 g/mol. The van der Waals surface area contributed by atoms with Crippen LogP contribution in [0.15, 0.2) is 47.3 Å². The standard InChI is InChI=1S/C24H24N6O2/c1-14-7-17(8-18(12-31)26-14)19-20(16-5-3-2-4-6-16)27-22(25)30-21(19)28-29(23(30)32)13-24-9-15(10-24)11-24/h2-8,15,31H,9-13H2,1H3,(H2,25,27)/p+1. The Morgan fingerprint density at radius 3 is 2.59 bits per heavy atom. The van der Waals surface area contributed by atoms with Crippen molar-refractivity contribution in [1.82, 2.24) is 19.2 Å². The fraction of sp³-hybridized carbons (Fsp3) is 0.333. The Morgan fingerprint density at radius 1 is 1.19 bits per heavy atom. The molecule has 3 aliphatic carbocycles. The number of fused-ring (bicyclic) bond motifs is 1. The first-order valence-electron chi connectivity index (χ1n) is 10.9. The third-order valence-electron chi connectivity index (χ3n) is 6.98. The van der Waals surface area contributed by atoms with Crippen molar-refractivity contribution in [1.29, 1.82) is 0 Å². The monoisotopic (exact) mass is 429 g/mol. The molecule has 3 heterocycles. The summed E-state index contributed by atoms with van der Waals surface area (Å²) in [5.41, 5.74) is 11.5. The molecule has 3 fully saturated rings. The minimum Gasteiger partial charge on any atom is -0.390 e. The molecule has 8 heteroatoms. The van der Waals surface area contributed by atoms with E-state index in [0.717, 1.165) is 34.0 Å². The van der Waals surface area contributed by atoms with Gasteiger partial charge in [0.15, 0.2) is 0 Å². The zero-order valence-electron chi connectivity index (χ0n) is 17.9. The maximum Gasteiger partial charge on any atom is 0.411 e. The van der Waals surface area contributed by atoms with E-state index in [1.54, 1.807) is 4.68 Å². The average Bonchev–Trinajstić information content (AvgIpc) is 3.06. The Hall–Kier alpha value is -3.52. The summed E-state index contributed by atoms with van der Waals surface area (Å²) >= 11 is 0. The number of rotatable bonds is 5. The summed E-state index contributed by atoms with van der Waals surface area (Å²) < 4.78 is 3.04. The zero-order valence-corrected chi connectivity index (χ0v) is 17.9. The molecule has 0 amide bonds. The number of nitrogens with two attached hydrogens (primary N) is 1. The van der Waals surface area contributed by atoms with Crippen molar-refractivity contribution in [3.05, 3.63) is 64.3 Å². The van der Waals surface area contributed by atoms with E-state index in [0.29, 0.717) is 17.9 Å². The molecule has 4 N–H and O–H groups in total. The Morgan fingerprint density at radius 2 is 1.94 bits per heavy atom. The van der Waals surface area contributed by atoms with E-state index in [2.05, 4.69) is 9.97 Å². The van der Waals surface area contributed by atoms with Crippen LogP contribution in [0.1, 0.15) is 30.7 Å². The van der Waals surface area contributed by atoms with Crippen LogP contribution in [0.3, 0.4) is 0 Å². The van der Waals surface area contributed by atoms with E-state index < -0.39 is 0 Å². The van der Waals surface area contributed by atoms with Crippen LogP contribution in [0.2, 0.25) is 0 Å². The summed E-state index contributed by atoms with van der Waals surface area (Å²) in [5.74, 6) is 1.07. The number of aliphatic hydroxyl groups is 1. The quantitative estimate of drug-likeness (QED) is 0.505. The summed E-state index contributed by atoms with van der Waals surface area (Å²) in [6, 6.07) is 13.6. The predicted molar refractivity (Wildman–Crippen MR) is 120 cm³/mol. The number of aromatic nitrogens is 5. The van der Waals surface area contributed by atoms with Crippen LogP contribution in [0, 0.1) is 18.3 Å². The molecule has 3 aliphatic rings. The number of aromatic amines is 1. The third-order valence-corrected chi connectivity index (χ3v) is 6.98. The fourth-order valence-corrected chi connectivity index (χ4v) is 5.47. The number of anilines is 1. The van der Waals surface area contributed by atoms with Crippen molar-refractivity contribution in [3.8, 4) is 22.4 Å². The van der Waals surface area contributed by atoms with E-state index in [1.165, 1.54) is 23.7 Å². The number of nitrogens with zero attached hydrogens (tertiary/aromatic N) is 4. The number of pyridine rings is 1. The van der Waals surface area contributed by atoms with Crippen LogP contribution in [-0.2, 0) is 13.2 Å². The summed E-state index contributed by atoms with van der Waals surface area (Å²) in [5, 5.41) is 14.5. The summed E-state index contributed by atoms with van der Waals surface area (Å²) in [6.45, 7) is 2.34. The van der Waals surface area contributed by atoms with Gasteiger partial charge in [0.1, 0.15) is 5.69 Å². The van der Waals surface area contributed by atoms with Gasteiger partial charge in [0.05, 0.1) is 24.4 Å². The van der Waals surface area contributed by atoms with Gasteiger partial charge in [-0.3, -0.25) is 10.7 Å². The van der Waals surface area contributed by atoms with Crippen LogP contribution in [0.25, 0.3) is 28.0 Å². The molecule has 7 rings (SSSR count). The molecule has 0 spiro atoms. The molecular weight excluding hydrogens is 404 g/mol. The third kappa shape index (κ3) is 2.79. The minimum absolute atomic E-state index is 0.171. The van der Waals surface area contributed by atoms with Crippen LogP contribution in [0.5, 0.6) is 0 Å². The van der Waals surface area contributed by atoms with Gasteiger partial charge < -0.3 is 5.11 Å². The number of nitrogen functional groups attached to an aromatic ring is 1. The number of hydrogen-bond acceptors (Lipinski definition) is 5. The highest BCUT2D eigenvalue weighted by atomic mass is 16.3. The fourth-order valence-electron chi connectivity index (χ4n) is 5.47. The van der Waals surface area contributed by atoms with Gasteiger partial charge in [-0.2, -0.15) is 4.68 Å². The van der Waals surface area contributed by atoms with Gasteiger partial charge in [0.25, 0.3) is 0 Å². The summed E-state index contributed by atoms with van der Waals surface area (Å²) in [4.78, 5) is 21.0. The maximum atomic E-state index is 13.3. The Balaban J connectivity index is 1.64. The van der Waals surface area contributed by atoms with Gasteiger partial charge in [0, 0.05) is 11.3 Å². The lowest BCUT2D eigenvalue weighted by molar-refractivity contribution is -0.351. The second kappa shape index (κ2) is 6.74. The van der Waals surface area contributed by atoms with Gasteiger partial charge in [-0.15, -0.1) is 9.50 Å². The molecule has 0 unspecified atom stereocenters. The van der Waals surface area contributed by atoms with Crippen LogP contribution < -0.4 is 16.4 Å². The smallest absolute Gasteiger partial charge is 0.390 e. The first-order chi connectivity index (χ1) is 15.5. The highest BCUT2D eigenvalue weighted by Crippen LogP contribution is 2.65. The molecule has 3 aromatic heterocycles. The largest absolute Gasteiger partial charge is 0.411 e.